The van der Waals surface area contributed by atoms with Crippen LogP contribution in [-0.2, 0) is 13.1 Å². The molecule has 1 aliphatic heterocycles. The van der Waals surface area contributed by atoms with E-state index in [2.05, 4.69) is 57.9 Å². The molecule has 6 rings (SSSR count). The second-order valence-electron chi connectivity index (χ2n) is 9.09. The largest absolute Gasteiger partial charge is 0.494 e. The number of methoxy groups -OCH3 is 2. The molecule has 0 spiro atoms. The van der Waals surface area contributed by atoms with Gasteiger partial charge in [0.05, 0.1) is 19.9 Å². The van der Waals surface area contributed by atoms with Gasteiger partial charge in [-0.3, -0.25) is 9.47 Å². The summed E-state index contributed by atoms with van der Waals surface area (Å²) in [5.74, 6) is 2.29. The van der Waals surface area contributed by atoms with Crippen LogP contribution in [0.5, 0.6) is 17.2 Å². The lowest BCUT2D eigenvalue weighted by atomic mass is 10.0. The molecule has 0 unspecified atom stereocenters. The number of nitrogens with zero attached hydrogens (tertiary/aromatic N) is 4. The van der Waals surface area contributed by atoms with Crippen LogP contribution in [0, 0.1) is 6.92 Å². The first-order valence-electron chi connectivity index (χ1n) is 12.2. The highest BCUT2D eigenvalue weighted by Crippen LogP contribution is 2.39. The van der Waals surface area contributed by atoms with Crippen molar-refractivity contribution >= 4 is 22.2 Å². The third kappa shape index (κ3) is 4.43. The first kappa shape index (κ1) is 23.5. The molecule has 7 nitrogen and oxygen atoms in total. The van der Waals surface area contributed by atoms with Gasteiger partial charge in [-0.1, -0.05) is 12.1 Å². The van der Waals surface area contributed by atoms with Crippen LogP contribution in [-0.4, -0.2) is 46.8 Å². The predicted octanol–water partition coefficient (Wildman–Crippen LogP) is 5.87. The number of thiazole rings is 1. The Morgan fingerprint density at radius 3 is 2.76 bits per heavy atom. The maximum Gasteiger partial charge on any atom is 0.193 e. The van der Waals surface area contributed by atoms with E-state index in [1.54, 1.807) is 25.6 Å². The molecule has 1 aliphatic rings. The van der Waals surface area contributed by atoms with E-state index < -0.39 is 0 Å². The van der Waals surface area contributed by atoms with Crippen molar-refractivity contribution in [2.24, 2.45) is 0 Å². The number of benzene rings is 2. The van der Waals surface area contributed by atoms with Crippen LogP contribution in [0.15, 0.2) is 66.3 Å². The first-order chi connectivity index (χ1) is 18.1. The quantitative estimate of drug-likeness (QED) is 0.284. The molecule has 0 saturated carbocycles. The molecule has 0 aliphatic carbocycles. The summed E-state index contributed by atoms with van der Waals surface area (Å²) in [6, 6.07) is 16.6. The van der Waals surface area contributed by atoms with Gasteiger partial charge in [0.25, 0.3) is 0 Å². The molecule has 4 heterocycles. The Balaban J connectivity index is 1.37. The maximum atomic E-state index is 6.22. The maximum absolute atomic E-state index is 6.22. The Kier molecular flexibility index (Phi) is 6.28. The summed E-state index contributed by atoms with van der Waals surface area (Å²) in [4.78, 5) is 11.9. The van der Waals surface area contributed by atoms with Crippen molar-refractivity contribution in [3.05, 3.63) is 83.1 Å². The summed E-state index contributed by atoms with van der Waals surface area (Å²) in [7, 11) is 3.37. The SMILES string of the molecule is COc1cc(-c2cc(C)c3cccc(OC)c3n2)cc2c1OCCN(Cc1cccn1-c1nccs1)C2. The summed E-state index contributed by atoms with van der Waals surface area (Å²) in [6.45, 7) is 5.02. The molecule has 3 aromatic heterocycles. The Labute approximate surface area is 219 Å². The number of rotatable bonds is 6. The second kappa shape index (κ2) is 9.88. The number of ether oxygens (including phenoxy) is 3. The molecule has 0 fully saturated rings. The molecule has 188 valence electrons. The Hall–Kier alpha value is -3.88. The average Bonchev–Trinajstić information content (AvgIpc) is 3.56. The third-order valence-electron chi connectivity index (χ3n) is 6.77. The molecule has 0 atom stereocenters. The highest BCUT2D eigenvalue weighted by molar-refractivity contribution is 7.12. The van der Waals surface area contributed by atoms with E-state index in [-0.39, 0.29) is 0 Å². The number of para-hydroxylation sites is 1. The molecular weight excluding hydrogens is 484 g/mol. The normalized spacial score (nSPS) is 13.7. The van der Waals surface area contributed by atoms with Crippen molar-refractivity contribution in [3.8, 4) is 33.6 Å². The zero-order chi connectivity index (χ0) is 25.4. The number of aryl methyl sites for hydroxylation is 1. The van der Waals surface area contributed by atoms with Gasteiger partial charge in [-0.25, -0.2) is 9.97 Å². The summed E-state index contributed by atoms with van der Waals surface area (Å²) < 4.78 is 19.8. The molecule has 0 saturated heterocycles. The molecule has 0 bridgehead atoms. The van der Waals surface area contributed by atoms with Crippen LogP contribution in [0.4, 0.5) is 0 Å². The summed E-state index contributed by atoms with van der Waals surface area (Å²) in [6.07, 6.45) is 3.91. The highest BCUT2D eigenvalue weighted by atomic mass is 32.1. The molecule has 0 radical (unpaired) electrons. The van der Waals surface area contributed by atoms with Crippen LogP contribution >= 0.6 is 11.3 Å². The minimum atomic E-state index is 0.588. The van der Waals surface area contributed by atoms with Gasteiger partial charge in [0.1, 0.15) is 17.9 Å². The Morgan fingerprint density at radius 1 is 1.05 bits per heavy atom. The minimum absolute atomic E-state index is 0.588. The number of hydrogen-bond donors (Lipinski definition) is 0. The third-order valence-corrected chi connectivity index (χ3v) is 7.54. The van der Waals surface area contributed by atoms with E-state index in [4.69, 9.17) is 19.2 Å². The van der Waals surface area contributed by atoms with E-state index in [1.807, 2.05) is 29.8 Å². The molecule has 2 aromatic carbocycles. The lowest BCUT2D eigenvalue weighted by Gasteiger charge is -2.20. The van der Waals surface area contributed by atoms with Crippen LogP contribution in [0.2, 0.25) is 0 Å². The molecule has 37 heavy (non-hydrogen) atoms. The van der Waals surface area contributed by atoms with Crippen molar-refractivity contribution in [1.82, 2.24) is 19.4 Å². The van der Waals surface area contributed by atoms with Crippen LogP contribution in [0.1, 0.15) is 16.8 Å². The van der Waals surface area contributed by atoms with Crippen molar-refractivity contribution in [2.45, 2.75) is 20.0 Å². The fraction of sp³-hybridized carbons (Fsp3) is 0.241. The van der Waals surface area contributed by atoms with E-state index in [0.29, 0.717) is 6.61 Å². The topological polar surface area (TPSA) is 61.6 Å². The Morgan fingerprint density at radius 2 is 1.95 bits per heavy atom. The fourth-order valence-corrected chi connectivity index (χ4v) is 5.63. The van der Waals surface area contributed by atoms with Crippen LogP contribution in [0.3, 0.4) is 0 Å². The summed E-state index contributed by atoms with van der Waals surface area (Å²) in [5.41, 5.74) is 6.15. The Bertz CT molecular complexity index is 1560. The zero-order valence-corrected chi connectivity index (χ0v) is 21.9. The number of fused-ring (bicyclic) bond motifs is 2. The number of aromatic nitrogens is 3. The second-order valence-corrected chi connectivity index (χ2v) is 9.96. The zero-order valence-electron chi connectivity index (χ0n) is 21.1. The van der Waals surface area contributed by atoms with Gasteiger partial charge in [0, 0.05) is 59.6 Å². The smallest absolute Gasteiger partial charge is 0.193 e. The van der Waals surface area contributed by atoms with Gasteiger partial charge in [-0.15, -0.1) is 11.3 Å². The number of pyridine rings is 1. The van der Waals surface area contributed by atoms with E-state index >= 15 is 0 Å². The predicted molar refractivity (Wildman–Crippen MR) is 146 cm³/mol. The molecule has 0 N–H and O–H groups in total. The van der Waals surface area contributed by atoms with Crippen molar-refractivity contribution in [3.63, 3.8) is 0 Å². The number of hydrogen-bond acceptors (Lipinski definition) is 7. The molecular formula is C29H28N4O3S. The van der Waals surface area contributed by atoms with Gasteiger partial charge < -0.3 is 14.2 Å². The monoisotopic (exact) mass is 512 g/mol. The van der Waals surface area contributed by atoms with Gasteiger partial charge >= 0.3 is 0 Å². The molecule has 0 amide bonds. The summed E-state index contributed by atoms with van der Waals surface area (Å²) >= 11 is 1.63. The van der Waals surface area contributed by atoms with Crippen molar-refractivity contribution in [2.75, 3.05) is 27.4 Å². The molecule has 5 aromatic rings. The van der Waals surface area contributed by atoms with Crippen LogP contribution < -0.4 is 14.2 Å². The standard InChI is InChI=1S/C29H28N4O3S/c1-19-14-24(31-27-23(19)7-4-8-25(27)34-2)20-15-21-17-32(11-12-36-28(21)26(16-20)35-3)18-22-6-5-10-33(22)29-30-9-13-37-29/h4-10,13-16H,11-12,17-18H2,1-3H3. The summed E-state index contributed by atoms with van der Waals surface area (Å²) in [5, 5.41) is 4.06. The lowest BCUT2D eigenvalue weighted by molar-refractivity contribution is 0.214. The van der Waals surface area contributed by atoms with Gasteiger partial charge in [-0.2, -0.15) is 0 Å². The average molecular weight is 513 g/mol. The van der Waals surface area contributed by atoms with E-state index in [9.17, 15) is 0 Å². The minimum Gasteiger partial charge on any atom is -0.494 e. The first-order valence-corrected chi connectivity index (χ1v) is 13.1. The fourth-order valence-electron chi connectivity index (χ4n) is 4.97. The van der Waals surface area contributed by atoms with E-state index in [0.717, 1.165) is 75.3 Å². The van der Waals surface area contributed by atoms with Crippen LogP contribution in [0.25, 0.3) is 27.3 Å². The lowest BCUT2D eigenvalue weighted by Crippen LogP contribution is -2.26. The molecule has 8 heteroatoms. The van der Waals surface area contributed by atoms with E-state index in [1.165, 1.54) is 5.69 Å². The van der Waals surface area contributed by atoms with Gasteiger partial charge in [0.2, 0.25) is 0 Å². The highest BCUT2D eigenvalue weighted by Gasteiger charge is 2.22. The van der Waals surface area contributed by atoms with Gasteiger partial charge in [0.15, 0.2) is 16.6 Å². The van der Waals surface area contributed by atoms with Crippen molar-refractivity contribution < 1.29 is 14.2 Å². The van der Waals surface area contributed by atoms with Crippen molar-refractivity contribution in [1.29, 1.82) is 0 Å². The van der Waals surface area contributed by atoms with Gasteiger partial charge in [-0.05, 0) is 48.9 Å².